The highest BCUT2D eigenvalue weighted by Gasteiger charge is 2.28. The summed E-state index contributed by atoms with van der Waals surface area (Å²) in [6.07, 6.45) is 7.80. The Labute approximate surface area is 115 Å². The molecule has 1 aliphatic rings. The molecule has 0 heterocycles. The lowest BCUT2D eigenvalue weighted by Crippen LogP contribution is -2.24. The van der Waals surface area contributed by atoms with Gasteiger partial charge in [-0.15, -0.1) is 6.58 Å². The average molecular weight is 248 g/mol. The van der Waals surface area contributed by atoms with Crippen molar-refractivity contribution in [1.29, 1.82) is 0 Å². The summed E-state index contributed by atoms with van der Waals surface area (Å²) >= 11 is 0. The molecule has 0 radical (unpaired) electrons. The molecule has 4 unspecified atom stereocenters. The molecule has 0 amide bonds. The number of hydrogen-bond acceptors (Lipinski definition) is 0. The zero-order valence-corrected chi connectivity index (χ0v) is 13.0. The Morgan fingerprint density at radius 2 is 1.83 bits per heavy atom. The van der Waals surface area contributed by atoms with Crippen LogP contribution in [0.2, 0.25) is 0 Å². The lowest BCUT2D eigenvalue weighted by atomic mass is 9.70. The molecule has 18 heavy (non-hydrogen) atoms. The fourth-order valence-corrected chi connectivity index (χ4v) is 3.48. The highest BCUT2D eigenvalue weighted by Crippen LogP contribution is 2.39. The molecule has 1 aliphatic carbocycles. The third-order valence-corrected chi connectivity index (χ3v) is 4.75. The molecule has 0 aromatic heterocycles. The monoisotopic (exact) mass is 248 g/mol. The van der Waals surface area contributed by atoms with Gasteiger partial charge in [0.15, 0.2) is 0 Å². The van der Waals surface area contributed by atoms with Gasteiger partial charge in [-0.25, -0.2) is 0 Å². The number of hydrogen-bond donors (Lipinski definition) is 0. The highest BCUT2D eigenvalue weighted by molar-refractivity contribution is 5.06. The smallest absolute Gasteiger partial charge is 0.0178 e. The summed E-state index contributed by atoms with van der Waals surface area (Å²) in [6, 6.07) is 0. The van der Waals surface area contributed by atoms with E-state index in [4.69, 9.17) is 0 Å². The fourth-order valence-electron chi connectivity index (χ4n) is 3.48. The molecule has 0 bridgehead atoms. The van der Waals surface area contributed by atoms with Crippen molar-refractivity contribution in [3.63, 3.8) is 0 Å². The molecule has 0 aromatic carbocycles. The summed E-state index contributed by atoms with van der Waals surface area (Å²) in [4.78, 5) is 0. The highest BCUT2D eigenvalue weighted by atomic mass is 14.3. The van der Waals surface area contributed by atoms with Crippen molar-refractivity contribution in [3.8, 4) is 0 Å². The molecule has 1 fully saturated rings. The second-order valence-corrected chi connectivity index (χ2v) is 6.80. The van der Waals surface area contributed by atoms with Gasteiger partial charge in [0.25, 0.3) is 0 Å². The van der Waals surface area contributed by atoms with E-state index in [1.165, 1.54) is 49.7 Å². The van der Waals surface area contributed by atoms with Crippen molar-refractivity contribution in [2.75, 3.05) is 0 Å². The zero-order valence-electron chi connectivity index (χ0n) is 13.0. The predicted molar refractivity (Wildman–Crippen MR) is 82.6 cm³/mol. The molecule has 0 spiro atoms. The van der Waals surface area contributed by atoms with Crippen LogP contribution >= 0.6 is 0 Å². The third kappa shape index (κ3) is 4.63. The summed E-state index contributed by atoms with van der Waals surface area (Å²) in [7, 11) is 0. The Balaban J connectivity index is 2.54. The molecule has 0 aliphatic heterocycles. The van der Waals surface area contributed by atoms with Gasteiger partial charge in [-0.2, -0.15) is 0 Å². The topological polar surface area (TPSA) is 0 Å². The number of allylic oxidation sites excluding steroid dienone is 2. The van der Waals surface area contributed by atoms with Crippen LogP contribution in [0.1, 0.15) is 66.2 Å². The first-order chi connectivity index (χ1) is 8.43. The first-order valence-electron chi connectivity index (χ1n) is 7.76. The Hall–Kier alpha value is -0.520. The maximum atomic E-state index is 4.43. The summed E-state index contributed by atoms with van der Waals surface area (Å²) < 4.78 is 0. The minimum Gasteiger partial charge on any atom is -0.100 e. The first kappa shape index (κ1) is 15.5. The van der Waals surface area contributed by atoms with Gasteiger partial charge in [0.05, 0.1) is 0 Å². The average Bonchev–Trinajstić information content (AvgIpc) is 2.30. The second-order valence-electron chi connectivity index (χ2n) is 6.80. The molecule has 0 saturated heterocycles. The second kappa shape index (κ2) is 7.16. The Morgan fingerprint density at radius 1 is 1.17 bits per heavy atom. The molecule has 104 valence electrons. The summed E-state index contributed by atoms with van der Waals surface area (Å²) in [5, 5.41) is 0. The van der Waals surface area contributed by atoms with Gasteiger partial charge >= 0.3 is 0 Å². The minimum atomic E-state index is 0.763. The van der Waals surface area contributed by atoms with E-state index in [2.05, 4.69) is 40.9 Å². The minimum absolute atomic E-state index is 0.763. The van der Waals surface area contributed by atoms with E-state index in [1.54, 1.807) is 0 Å². The van der Waals surface area contributed by atoms with Gasteiger partial charge in [0.2, 0.25) is 0 Å². The molecule has 1 saturated carbocycles. The van der Waals surface area contributed by atoms with E-state index < -0.39 is 0 Å². The molecular weight excluding hydrogens is 216 g/mol. The van der Waals surface area contributed by atoms with Crippen LogP contribution in [-0.4, -0.2) is 0 Å². The van der Waals surface area contributed by atoms with Crippen molar-refractivity contribution in [2.24, 2.45) is 23.7 Å². The van der Waals surface area contributed by atoms with Crippen LogP contribution in [0.25, 0.3) is 0 Å². The van der Waals surface area contributed by atoms with Crippen LogP contribution in [0.4, 0.5) is 0 Å². The lowest BCUT2D eigenvalue weighted by molar-refractivity contribution is 0.226. The van der Waals surface area contributed by atoms with Crippen LogP contribution in [0.3, 0.4) is 0 Å². The lowest BCUT2D eigenvalue weighted by Gasteiger charge is -2.35. The van der Waals surface area contributed by atoms with Crippen LogP contribution in [0.5, 0.6) is 0 Å². The van der Waals surface area contributed by atoms with Crippen molar-refractivity contribution in [2.45, 2.75) is 66.2 Å². The van der Waals surface area contributed by atoms with E-state index >= 15 is 0 Å². The van der Waals surface area contributed by atoms with Gasteiger partial charge in [-0.05, 0) is 56.3 Å². The molecular formula is C18H32. The predicted octanol–water partition coefficient (Wildman–Crippen LogP) is 6.00. The maximum absolute atomic E-state index is 4.43. The Bertz CT molecular complexity index is 286. The first-order valence-corrected chi connectivity index (χ1v) is 7.76. The summed E-state index contributed by atoms with van der Waals surface area (Å²) in [5.74, 6) is 3.27. The van der Waals surface area contributed by atoms with Crippen molar-refractivity contribution < 1.29 is 0 Å². The molecule has 0 heteroatoms. The van der Waals surface area contributed by atoms with Gasteiger partial charge in [-0.1, -0.05) is 51.3 Å². The normalized spacial score (nSPS) is 29.9. The standard InChI is InChI=1S/C18H32/c1-7-17(10-13(2)3)12-16(6)18-11-14(4)8-9-15(18)5/h14-15,17-18H,2,6-12H2,1,3-5H3. The Kier molecular flexibility index (Phi) is 6.18. The van der Waals surface area contributed by atoms with Crippen LogP contribution in [-0.2, 0) is 0 Å². The van der Waals surface area contributed by atoms with Crippen LogP contribution in [0.15, 0.2) is 24.3 Å². The summed E-state index contributed by atoms with van der Waals surface area (Å²) in [6.45, 7) is 17.8. The molecule has 0 N–H and O–H groups in total. The SMILES string of the molecule is C=C(C)CC(CC)CC(=C)C1CC(C)CCC1C. The Morgan fingerprint density at radius 3 is 2.39 bits per heavy atom. The van der Waals surface area contributed by atoms with E-state index in [9.17, 15) is 0 Å². The molecule has 0 nitrogen and oxygen atoms in total. The van der Waals surface area contributed by atoms with E-state index in [0.29, 0.717) is 0 Å². The fraction of sp³-hybridized carbons (Fsp3) is 0.778. The zero-order chi connectivity index (χ0) is 13.7. The van der Waals surface area contributed by atoms with Crippen LogP contribution < -0.4 is 0 Å². The number of rotatable bonds is 6. The van der Waals surface area contributed by atoms with Crippen molar-refractivity contribution >= 4 is 0 Å². The van der Waals surface area contributed by atoms with Crippen molar-refractivity contribution in [1.82, 2.24) is 0 Å². The van der Waals surface area contributed by atoms with E-state index in [0.717, 1.165) is 23.7 Å². The van der Waals surface area contributed by atoms with Gasteiger partial charge in [0.1, 0.15) is 0 Å². The van der Waals surface area contributed by atoms with Gasteiger partial charge in [0, 0.05) is 0 Å². The molecule has 4 atom stereocenters. The largest absolute Gasteiger partial charge is 0.100 e. The summed E-state index contributed by atoms with van der Waals surface area (Å²) in [5.41, 5.74) is 2.84. The van der Waals surface area contributed by atoms with E-state index in [-0.39, 0.29) is 0 Å². The van der Waals surface area contributed by atoms with E-state index in [1.807, 2.05) is 0 Å². The van der Waals surface area contributed by atoms with Gasteiger partial charge in [-0.3, -0.25) is 0 Å². The maximum Gasteiger partial charge on any atom is -0.0178 e. The van der Waals surface area contributed by atoms with Crippen LogP contribution in [0, 0.1) is 23.7 Å². The molecule has 1 rings (SSSR count). The van der Waals surface area contributed by atoms with Gasteiger partial charge < -0.3 is 0 Å². The van der Waals surface area contributed by atoms with Crippen molar-refractivity contribution in [3.05, 3.63) is 24.3 Å². The quantitative estimate of drug-likeness (QED) is 0.506. The third-order valence-electron chi connectivity index (χ3n) is 4.75. The molecule has 0 aromatic rings.